The Bertz CT molecular complexity index is 1360. The molecule has 3 aromatic carbocycles. The average molecular weight is 571 g/mol. The van der Waals surface area contributed by atoms with Crippen molar-refractivity contribution in [3.8, 4) is 17.1 Å². The summed E-state index contributed by atoms with van der Waals surface area (Å²) in [6, 6.07) is 22.8. The molecule has 0 saturated carbocycles. The van der Waals surface area contributed by atoms with Crippen LogP contribution in [0, 0.1) is 0 Å². The Balaban J connectivity index is 1.31. The summed E-state index contributed by atoms with van der Waals surface area (Å²) in [6.07, 6.45) is 1.57. The molecule has 1 aromatic heterocycles. The molecule has 35 heavy (non-hydrogen) atoms. The molecule has 0 unspecified atom stereocenters. The Kier molecular flexibility index (Phi) is 8.57. The Morgan fingerprint density at radius 3 is 2.80 bits per heavy atom. The van der Waals surface area contributed by atoms with E-state index in [9.17, 15) is 4.79 Å². The van der Waals surface area contributed by atoms with Crippen LogP contribution in [0.2, 0.25) is 5.02 Å². The van der Waals surface area contributed by atoms with Gasteiger partial charge < -0.3 is 9.30 Å². The zero-order chi connectivity index (χ0) is 24.6. The third-order valence-corrected chi connectivity index (χ3v) is 6.59. The lowest BCUT2D eigenvalue weighted by molar-refractivity contribution is -0.118. The van der Waals surface area contributed by atoms with E-state index >= 15 is 0 Å². The van der Waals surface area contributed by atoms with E-state index in [1.54, 1.807) is 12.3 Å². The van der Waals surface area contributed by atoms with Crippen LogP contribution >= 0.6 is 39.3 Å². The Morgan fingerprint density at radius 2 is 1.97 bits per heavy atom. The third kappa shape index (κ3) is 6.94. The number of rotatable bonds is 9. The first-order valence-electron chi connectivity index (χ1n) is 10.6. The third-order valence-electron chi connectivity index (χ3n) is 4.85. The largest absolute Gasteiger partial charge is 0.488 e. The van der Waals surface area contributed by atoms with Crippen molar-refractivity contribution >= 4 is 51.4 Å². The van der Waals surface area contributed by atoms with Gasteiger partial charge in [0.25, 0.3) is 5.91 Å². The fourth-order valence-electron chi connectivity index (χ4n) is 3.16. The first kappa shape index (κ1) is 25.0. The lowest BCUT2D eigenvalue weighted by atomic mass is 10.2. The number of ether oxygens (including phenoxy) is 1. The first-order valence-corrected chi connectivity index (χ1v) is 12.7. The summed E-state index contributed by atoms with van der Waals surface area (Å²) in [5.74, 6) is 1.23. The molecule has 4 aromatic rings. The highest BCUT2D eigenvalue weighted by molar-refractivity contribution is 9.10. The standard InChI is InChI=1S/C25H21BrClN5O2S/c1-32-24(18-8-5-10-21(27)13-18)30-31-25(32)35-16-23(33)29-28-14-19-7-2-3-11-22(19)34-15-17-6-4-9-20(26)12-17/h2-14H,15-16H2,1H3,(H,29,33). The lowest BCUT2D eigenvalue weighted by Gasteiger charge is -2.09. The molecule has 0 spiro atoms. The molecular formula is C25H21BrClN5O2S. The van der Waals surface area contributed by atoms with E-state index in [4.69, 9.17) is 16.3 Å². The summed E-state index contributed by atoms with van der Waals surface area (Å²) < 4.78 is 8.77. The Labute approximate surface area is 220 Å². The van der Waals surface area contributed by atoms with Crippen LogP contribution in [0.1, 0.15) is 11.1 Å². The van der Waals surface area contributed by atoms with E-state index in [1.807, 2.05) is 78.3 Å². The molecule has 0 atom stereocenters. The minimum absolute atomic E-state index is 0.139. The van der Waals surface area contributed by atoms with Crippen LogP contribution in [0.5, 0.6) is 5.75 Å². The van der Waals surface area contributed by atoms with Gasteiger partial charge in [-0.15, -0.1) is 10.2 Å². The van der Waals surface area contributed by atoms with Gasteiger partial charge in [0.05, 0.1) is 12.0 Å². The molecule has 1 N–H and O–H groups in total. The van der Waals surface area contributed by atoms with Crippen molar-refractivity contribution in [2.45, 2.75) is 11.8 Å². The lowest BCUT2D eigenvalue weighted by Crippen LogP contribution is -2.20. The van der Waals surface area contributed by atoms with Gasteiger partial charge in [-0.1, -0.05) is 75.7 Å². The van der Waals surface area contributed by atoms with Crippen molar-refractivity contribution in [2.24, 2.45) is 12.1 Å². The quantitative estimate of drug-likeness (QED) is 0.158. The number of halogens is 2. The Morgan fingerprint density at radius 1 is 1.14 bits per heavy atom. The van der Waals surface area contributed by atoms with Gasteiger partial charge in [-0.05, 0) is 42.0 Å². The highest BCUT2D eigenvalue weighted by atomic mass is 79.9. The number of benzene rings is 3. The zero-order valence-corrected chi connectivity index (χ0v) is 21.8. The number of nitrogens with zero attached hydrogens (tertiary/aromatic N) is 4. The fraction of sp³-hybridized carbons (Fsp3) is 0.120. The van der Waals surface area contributed by atoms with Gasteiger partial charge in [0.1, 0.15) is 12.4 Å². The molecule has 0 radical (unpaired) electrons. The highest BCUT2D eigenvalue weighted by Crippen LogP contribution is 2.24. The number of hydrogen-bond donors (Lipinski definition) is 1. The first-order chi connectivity index (χ1) is 17.0. The summed E-state index contributed by atoms with van der Waals surface area (Å²) >= 11 is 10.8. The summed E-state index contributed by atoms with van der Waals surface area (Å²) in [7, 11) is 1.85. The molecule has 0 fully saturated rings. The van der Waals surface area contributed by atoms with Crippen molar-refractivity contribution < 1.29 is 9.53 Å². The van der Waals surface area contributed by atoms with E-state index in [2.05, 4.69) is 36.7 Å². The average Bonchev–Trinajstić information content (AvgIpc) is 3.22. The van der Waals surface area contributed by atoms with Crippen molar-refractivity contribution in [1.29, 1.82) is 0 Å². The molecule has 0 bridgehead atoms. The van der Waals surface area contributed by atoms with Crippen LogP contribution in [0.4, 0.5) is 0 Å². The van der Waals surface area contributed by atoms with Crippen LogP contribution in [0.3, 0.4) is 0 Å². The van der Waals surface area contributed by atoms with Crippen molar-refractivity contribution in [1.82, 2.24) is 20.2 Å². The molecule has 0 aliphatic rings. The van der Waals surface area contributed by atoms with E-state index < -0.39 is 0 Å². The number of carbonyl (C=O) groups excluding carboxylic acids is 1. The smallest absolute Gasteiger partial charge is 0.250 e. The maximum atomic E-state index is 12.3. The van der Waals surface area contributed by atoms with Gasteiger partial charge in [0, 0.05) is 27.7 Å². The topological polar surface area (TPSA) is 81.4 Å². The number of aromatic nitrogens is 3. The van der Waals surface area contributed by atoms with Gasteiger partial charge in [-0.3, -0.25) is 4.79 Å². The van der Waals surface area contributed by atoms with Crippen molar-refractivity contribution in [3.05, 3.63) is 93.4 Å². The summed E-state index contributed by atoms with van der Waals surface area (Å²) in [5.41, 5.74) is 5.20. The van der Waals surface area contributed by atoms with Gasteiger partial charge >= 0.3 is 0 Å². The SMILES string of the molecule is Cn1c(SCC(=O)NN=Cc2ccccc2OCc2cccc(Br)c2)nnc1-c1cccc(Cl)c1. The molecule has 0 aliphatic heterocycles. The van der Waals surface area contributed by atoms with E-state index in [0.29, 0.717) is 28.4 Å². The van der Waals surface area contributed by atoms with Gasteiger partial charge in [0.2, 0.25) is 0 Å². The summed E-state index contributed by atoms with van der Waals surface area (Å²) in [4.78, 5) is 12.3. The van der Waals surface area contributed by atoms with E-state index in [1.165, 1.54) is 11.8 Å². The molecule has 10 heteroatoms. The molecule has 1 heterocycles. The van der Waals surface area contributed by atoms with Gasteiger partial charge in [0.15, 0.2) is 11.0 Å². The van der Waals surface area contributed by atoms with Crippen LogP contribution in [0.25, 0.3) is 11.4 Å². The number of nitrogens with one attached hydrogen (secondary N) is 1. The minimum atomic E-state index is -0.258. The predicted octanol–water partition coefficient (Wildman–Crippen LogP) is 5.72. The number of thioether (sulfide) groups is 1. The molecule has 7 nitrogen and oxygen atoms in total. The number of hydrazone groups is 1. The van der Waals surface area contributed by atoms with Crippen molar-refractivity contribution in [3.63, 3.8) is 0 Å². The number of amides is 1. The molecule has 4 rings (SSSR count). The second-order valence-electron chi connectivity index (χ2n) is 7.41. The molecular weight excluding hydrogens is 550 g/mol. The van der Waals surface area contributed by atoms with Crippen LogP contribution in [-0.4, -0.2) is 32.6 Å². The van der Waals surface area contributed by atoms with Crippen LogP contribution < -0.4 is 10.2 Å². The number of hydrogen-bond acceptors (Lipinski definition) is 6. The monoisotopic (exact) mass is 569 g/mol. The second-order valence-corrected chi connectivity index (χ2v) is 9.71. The maximum absolute atomic E-state index is 12.3. The van der Waals surface area contributed by atoms with Crippen molar-refractivity contribution in [2.75, 3.05) is 5.75 Å². The molecule has 178 valence electrons. The number of para-hydroxylation sites is 1. The van der Waals surface area contributed by atoms with Crippen LogP contribution in [0.15, 0.2) is 87.5 Å². The van der Waals surface area contributed by atoms with Gasteiger partial charge in [-0.2, -0.15) is 5.10 Å². The van der Waals surface area contributed by atoms with Gasteiger partial charge in [-0.25, -0.2) is 5.43 Å². The van der Waals surface area contributed by atoms with E-state index in [-0.39, 0.29) is 11.7 Å². The Hall–Kier alpha value is -3.14. The molecule has 0 aliphatic carbocycles. The zero-order valence-electron chi connectivity index (χ0n) is 18.7. The normalized spacial score (nSPS) is 11.1. The minimum Gasteiger partial charge on any atom is -0.488 e. The highest BCUT2D eigenvalue weighted by Gasteiger charge is 2.13. The number of carbonyl (C=O) groups is 1. The second kappa shape index (κ2) is 12.0. The summed E-state index contributed by atoms with van der Waals surface area (Å²) in [6.45, 7) is 0.419. The van der Waals surface area contributed by atoms with Crippen LogP contribution in [-0.2, 0) is 18.4 Å². The van der Waals surface area contributed by atoms with E-state index in [0.717, 1.165) is 21.2 Å². The predicted molar refractivity (Wildman–Crippen MR) is 143 cm³/mol. The maximum Gasteiger partial charge on any atom is 0.250 e. The fourth-order valence-corrected chi connectivity index (χ4v) is 4.50. The summed E-state index contributed by atoms with van der Waals surface area (Å²) in [5, 5.41) is 13.7. The molecule has 0 saturated heterocycles. The molecule has 1 amide bonds.